The second kappa shape index (κ2) is 5.62. The van der Waals surface area contributed by atoms with Gasteiger partial charge in [-0.3, -0.25) is 9.59 Å². The summed E-state index contributed by atoms with van der Waals surface area (Å²) < 4.78 is 12.7. The minimum atomic E-state index is -0.317. The molecule has 0 aromatic heterocycles. The zero-order valence-electron chi connectivity index (χ0n) is 9.91. The molecule has 4 nitrogen and oxygen atoms in total. The van der Waals surface area contributed by atoms with Crippen LogP contribution in [0.15, 0.2) is 24.3 Å². The molecule has 1 fully saturated rings. The van der Waals surface area contributed by atoms with Crippen molar-refractivity contribution in [2.24, 2.45) is 0 Å². The number of carbonyl (C=O) groups excluding carboxylic acids is 2. The van der Waals surface area contributed by atoms with Crippen LogP contribution < -0.4 is 10.6 Å². The number of hydrogen-bond donors (Lipinski definition) is 2. The Bertz CT molecular complexity index is 445. The van der Waals surface area contributed by atoms with E-state index < -0.39 is 0 Å². The molecule has 0 saturated carbocycles. The minimum absolute atomic E-state index is 0.0340. The number of piperidine rings is 1. The molecule has 1 atom stereocenters. The molecule has 2 amide bonds. The molecule has 1 aromatic rings. The van der Waals surface area contributed by atoms with Crippen LogP contribution in [0.5, 0.6) is 0 Å². The van der Waals surface area contributed by atoms with Crippen LogP contribution in [-0.2, 0) is 16.0 Å². The maximum absolute atomic E-state index is 12.7. The Morgan fingerprint density at radius 3 is 2.78 bits per heavy atom. The number of hydrogen-bond acceptors (Lipinski definition) is 2. The third-order valence-electron chi connectivity index (χ3n) is 2.89. The zero-order chi connectivity index (χ0) is 13.0. The second-order valence-electron chi connectivity index (χ2n) is 4.41. The fourth-order valence-electron chi connectivity index (χ4n) is 1.97. The summed E-state index contributed by atoms with van der Waals surface area (Å²) in [5.74, 6) is -0.488. The van der Waals surface area contributed by atoms with Crippen molar-refractivity contribution in [1.29, 1.82) is 0 Å². The van der Waals surface area contributed by atoms with Gasteiger partial charge in [0.2, 0.25) is 11.8 Å². The van der Waals surface area contributed by atoms with E-state index in [1.807, 2.05) is 0 Å². The second-order valence-corrected chi connectivity index (χ2v) is 4.41. The van der Waals surface area contributed by atoms with E-state index in [-0.39, 0.29) is 30.1 Å². The predicted octanol–water partition coefficient (Wildman–Crippen LogP) is 0.763. The van der Waals surface area contributed by atoms with Crippen molar-refractivity contribution in [3.63, 3.8) is 0 Å². The highest BCUT2D eigenvalue weighted by molar-refractivity contribution is 5.81. The summed E-state index contributed by atoms with van der Waals surface area (Å²) in [6, 6.07) is 5.74. The third kappa shape index (κ3) is 3.55. The van der Waals surface area contributed by atoms with Crippen molar-refractivity contribution in [1.82, 2.24) is 10.6 Å². The van der Waals surface area contributed by atoms with Crippen molar-refractivity contribution in [3.8, 4) is 0 Å². The summed E-state index contributed by atoms with van der Waals surface area (Å²) in [6.45, 7) is 0.598. The van der Waals surface area contributed by atoms with E-state index in [2.05, 4.69) is 10.6 Å². The van der Waals surface area contributed by atoms with Gasteiger partial charge >= 0.3 is 0 Å². The Hall–Kier alpha value is -1.91. The summed E-state index contributed by atoms with van der Waals surface area (Å²) in [7, 11) is 0. The van der Waals surface area contributed by atoms with Gasteiger partial charge in [-0.25, -0.2) is 4.39 Å². The number of benzene rings is 1. The molecule has 1 heterocycles. The lowest BCUT2D eigenvalue weighted by Gasteiger charge is -2.23. The largest absolute Gasteiger partial charge is 0.356 e. The van der Waals surface area contributed by atoms with Crippen molar-refractivity contribution < 1.29 is 14.0 Å². The van der Waals surface area contributed by atoms with Crippen LogP contribution in [-0.4, -0.2) is 24.4 Å². The van der Waals surface area contributed by atoms with E-state index in [0.29, 0.717) is 13.0 Å². The highest BCUT2D eigenvalue weighted by atomic mass is 19.1. The first-order valence-corrected chi connectivity index (χ1v) is 5.94. The minimum Gasteiger partial charge on any atom is -0.356 e. The van der Waals surface area contributed by atoms with Gasteiger partial charge in [0.1, 0.15) is 5.82 Å². The van der Waals surface area contributed by atoms with Crippen LogP contribution in [0.3, 0.4) is 0 Å². The Morgan fingerprint density at radius 1 is 1.39 bits per heavy atom. The summed E-state index contributed by atoms with van der Waals surface area (Å²) >= 11 is 0. The Morgan fingerprint density at radius 2 is 2.11 bits per heavy atom. The highest BCUT2D eigenvalue weighted by Crippen LogP contribution is 2.06. The number of halogens is 1. The van der Waals surface area contributed by atoms with E-state index in [0.717, 1.165) is 12.0 Å². The lowest BCUT2D eigenvalue weighted by Crippen LogP contribution is -2.45. The summed E-state index contributed by atoms with van der Waals surface area (Å²) in [5.41, 5.74) is 0.758. The average Bonchev–Trinajstić information content (AvgIpc) is 2.32. The van der Waals surface area contributed by atoms with E-state index in [1.165, 1.54) is 12.1 Å². The smallest absolute Gasteiger partial charge is 0.224 e. The van der Waals surface area contributed by atoms with Gasteiger partial charge in [0.25, 0.3) is 0 Å². The fraction of sp³-hybridized carbons (Fsp3) is 0.385. The van der Waals surface area contributed by atoms with Crippen LogP contribution in [0.4, 0.5) is 4.39 Å². The first kappa shape index (κ1) is 12.5. The number of nitrogens with one attached hydrogen (secondary N) is 2. The molecule has 1 aliphatic rings. The molecule has 2 rings (SSSR count). The van der Waals surface area contributed by atoms with E-state index in [4.69, 9.17) is 0 Å². The van der Waals surface area contributed by atoms with Gasteiger partial charge in [-0.1, -0.05) is 12.1 Å². The van der Waals surface area contributed by atoms with Gasteiger partial charge in [0.05, 0.1) is 6.42 Å². The fourth-order valence-corrected chi connectivity index (χ4v) is 1.97. The molecular weight excluding hydrogens is 235 g/mol. The number of carbonyl (C=O) groups is 2. The average molecular weight is 250 g/mol. The van der Waals surface area contributed by atoms with Crippen molar-refractivity contribution in [2.45, 2.75) is 25.3 Å². The maximum Gasteiger partial charge on any atom is 0.224 e. The molecule has 0 aliphatic carbocycles. The summed E-state index contributed by atoms with van der Waals surface area (Å²) in [4.78, 5) is 22.9. The Balaban J connectivity index is 1.84. The number of amides is 2. The molecule has 96 valence electrons. The highest BCUT2D eigenvalue weighted by Gasteiger charge is 2.20. The van der Waals surface area contributed by atoms with Crippen molar-refractivity contribution in [3.05, 3.63) is 35.6 Å². The normalized spacial score (nSPS) is 19.2. The van der Waals surface area contributed by atoms with Crippen LogP contribution in [0, 0.1) is 5.82 Å². The van der Waals surface area contributed by atoms with Gasteiger partial charge in [-0.05, 0) is 24.1 Å². The van der Waals surface area contributed by atoms with Crippen LogP contribution in [0.25, 0.3) is 0 Å². The molecule has 5 heteroatoms. The van der Waals surface area contributed by atoms with Gasteiger partial charge in [0, 0.05) is 19.0 Å². The molecule has 1 aliphatic heterocycles. The topological polar surface area (TPSA) is 58.2 Å². The van der Waals surface area contributed by atoms with Gasteiger partial charge < -0.3 is 10.6 Å². The van der Waals surface area contributed by atoms with E-state index >= 15 is 0 Å². The zero-order valence-corrected chi connectivity index (χ0v) is 9.91. The van der Waals surface area contributed by atoms with Crippen LogP contribution in [0.2, 0.25) is 0 Å². The predicted molar refractivity (Wildman–Crippen MR) is 64.3 cm³/mol. The Labute approximate surface area is 105 Å². The molecule has 0 bridgehead atoms. The van der Waals surface area contributed by atoms with Gasteiger partial charge in [-0.15, -0.1) is 0 Å². The quantitative estimate of drug-likeness (QED) is 0.832. The molecule has 2 N–H and O–H groups in total. The van der Waals surface area contributed by atoms with Crippen molar-refractivity contribution >= 4 is 11.8 Å². The van der Waals surface area contributed by atoms with Crippen LogP contribution in [0.1, 0.15) is 18.4 Å². The molecule has 1 aromatic carbocycles. The van der Waals surface area contributed by atoms with Crippen molar-refractivity contribution in [2.75, 3.05) is 6.54 Å². The number of rotatable bonds is 3. The van der Waals surface area contributed by atoms with Crippen LogP contribution >= 0.6 is 0 Å². The molecule has 0 radical (unpaired) electrons. The first-order valence-electron chi connectivity index (χ1n) is 5.94. The molecular formula is C13H15FN2O2. The summed E-state index contributed by atoms with van der Waals surface area (Å²) in [5, 5.41) is 5.53. The maximum atomic E-state index is 12.7. The lowest BCUT2D eigenvalue weighted by atomic mass is 10.1. The van der Waals surface area contributed by atoms with E-state index in [1.54, 1.807) is 12.1 Å². The first-order chi connectivity index (χ1) is 8.63. The Kier molecular flexibility index (Phi) is 3.92. The van der Waals surface area contributed by atoms with Gasteiger partial charge in [0.15, 0.2) is 0 Å². The standard InChI is InChI=1S/C13H15FN2O2/c14-10-3-1-9(2-4-10)7-13(18)16-11-5-6-15-12(17)8-11/h1-4,11H,5-8H2,(H,15,17)(H,16,18). The third-order valence-corrected chi connectivity index (χ3v) is 2.89. The molecule has 1 unspecified atom stereocenters. The molecule has 18 heavy (non-hydrogen) atoms. The van der Waals surface area contributed by atoms with Gasteiger partial charge in [-0.2, -0.15) is 0 Å². The summed E-state index contributed by atoms with van der Waals surface area (Å²) in [6.07, 6.45) is 1.29. The SMILES string of the molecule is O=C1CC(NC(=O)Cc2ccc(F)cc2)CCN1. The lowest BCUT2D eigenvalue weighted by molar-refractivity contribution is -0.124. The monoisotopic (exact) mass is 250 g/mol. The van der Waals surface area contributed by atoms with E-state index in [9.17, 15) is 14.0 Å². The molecule has 1 saturated heterocycles. The molecule has 0 spiro atoms.